The second kappa shape index (κ2) is 2.09. The maximum Gasteiger partial charge on any atom is 0.0708 e. The van der Waals surface area contributed by atoms with Crippen molar-refractivity contribution in [2.45, 2.75) is 0 Å². The fraction of sp³-hybridized carbons (Fsp3) is 0. The highest BCUT2D eigenvalue weighted by Crippen LogP contribution is 2.08. The molecule has 1 rings (SSSR count). The van der Waals surface area contributed by atoms with Crippen molar-refractivity contribution in [3.8, 4) is 0 Å². The van der Waals surface area contributed by atoms with Crippen LogP contribution < -0.4 is 0 Å². The van der Waals surface area contributed by atoms with E-state index < -0.39 is 10.8 Å². The maximum absolute atomic E-state index is 10.5. The molecule has 42 valence electrons. The van der Waals surface area contributed by atoms with Crippen LogP contribution in [0.15, 0.2) is 35.1 Å². The zero-order valence-electron chi connectivity index (χ0n) is 4.33. The molecule has 0 fully saturated rings. The molecule has 0 N–H and O–H groups in total. The van der Waals surface area contributed by atoms with E-state index in [2.05, 4.69) is 6.58 Å². The van der Waals surface area contributed by atoms with Gasteiger partial charge in [0.2, 0.25) is 0 Å². The third-order valence-corrected chi connectivity index (χ3v) is 1.79. The van der Waals surface area contributed by atoms with Crippen LogP contribution in [0.4, 0.5) is 0 Å². The highest BCUT2D eigenvalue weighted by molar-refractivity contribution is 7.91. The SMILES string of the molecule is C=CC1=CS(=O)C=C1. The summed E-state index contributed by atoms with van der Waals surface area (Å²) in [5, 5.41) is 3.30. The quantitative estimate of drug-likeness (QED) is 0.518. The number of allylic oxidation sites excluding steroid dienone is 3. The molecule has 0 saturated heterocycles. The summed E-state index contributed by atoms with van der Waals surface area (Å²) in [5.74, 6) is 0. The molecule has 8 heavy (non-hydrogen) atoms. The second-order valence-electron chi connectivity index (χ2n) is 1.45. The molecule has 0 aromatic rings. The smallest absolute Gasteiger partial charge is 0.0708 e. The Labute approximate surface area is 50.9 Å². The first-order valence-electron chi connectivity index (χ1n) is 2.25. The van der Waals surface area contributed by atoms with Crippen LogP contribution in [0.5, 0.6) is 0 Å². The van der Waals surface area contributed by atoms with Gasteiger partial charge in [0.1, 0.15) is 0 Å². The highest BCUT2D eigenvalue weighted by atomic mass is 32.2. The molecule has 0 radical (unpaired) electrons. The molecule has 1 unspecified atom stereocenters. The van der Waals surface area contributed by atoms with Crippen LogP contribution in [-0.2, 0) is 10.8 Å². The molecular formula is C6H6OS. The monoisotopic (exact) mass is 126 g/mol. The molecule has 2 heteroatoms. The fourth-order valence-corrected chi connectivity index (χ4v) is 1.29. The van der Waals surface area contributed by atoms with Gasteiger partial charge in [-0.15, -0.1) is 0 Å². The van der Waals surface area contributed by atoms with Gasteiger partial charge in [-0.05, 0) is 11.6 Å². The van der Waals surface area contributed by atoms with Gasteiger partial charge in [0.15, 0.2) is 0 Å². The summed E-state index contributed by atoms with van der Waals surface area (Å²) in [7, 11) is -0.867. The van der Waals surface area contributed by atoms with Crippen molar-refractivity contribution in [2.24, 2.45) is 0 Å². The van der Waals surface area contributed by atoms with Crippen molar-refractivity contribution in [2.75, 3.05) is 0 Å². The van der Waals surface area contributed by atoms with Gasteiger partial charge in [-0.3, -0.25) is 4.21 Å². The normalized spacial score (nSPS) is 25.5. The minimum atomic E-state index is -0.867. The molecule has 1 aliphatic rings. The molecule has 0 spiro atoms. The molecule has 1 nitrogen and oxygen atoms in total. The summed E-state index contributed by atoms with van der Waals surface area (Å²) in [4.78, 5) is 0. The van der Waals surface area contributed by atoms with E-state index >= 15 is 0 Å². The molecule has 0 saturated carbocycles. The summed E-state index contributed by atoms with van der Waals surface area (Å²) in [6, 6.07) is 0. The zero-order chi connectivity index (χ0) is 5.98. The van der Waals surface area contributed by atoms with Gasteiger partial charge in [-0.2, -0.15) is 0 Å². The van der Waals surface area contributed by atoms with Crippen LogP contribution >= 0.6 is 0 Å². The Morgan fingerprint density at radius 2 is 2.50 bits per heavy atom. The van der Waals surface area contributed by atoms with Gasteiger partial charge >= 0.3 is 0 Å². The fourth-order valence-electron chi connectivity index (χ4n) is 0.474. The molecule has 0 aromatic carbocycles. The Hall–Kier alpha value is -0.630. The highest BCUT2D eigenvalue weighted by Gasteiger charge is 1.96. The molecule has 1 heterocycles. The van der Waals surface area contributed by atoms with Crippen molar-refractivity contribution in [3.05, 3.63) is 35.1 Å². The summed E-state index contributed by atoms with van der Waals surface area (Å²) < 4.78 is 10.5. The van der Waals surface area contributed by atoms with Crippen molar-refractivity contribution < 1.29 is 4.21 Å². The summed E-state index contributed by atoms with van der Waals surface area (Å²) in [6.07, 6.45) is 3.48. The Bertz CT molecular complexity index is 189. The predicted molar refractivity (Wildman–Crippen MR) is 35.6 cm³/mol. The minimum absolute atomic E-state index is 0.867. The first-order valence-corrected chi connectivity index (χ1v) is 3.52. The van der Waals surface area contributed by atoms with Crippen LogP contribution in [0.25, 0.3) is 0 Å². The van der Waals surface area contributed by atoms with Gasteiger partial charge in [0.25, 0.3) is 0 Å². The molecule has 1 atom stereocenters. The van der Waals surface area contributed by atoms with E-state index in [4.69, 9.17) is 0 Å². The van der Waals surface area contributed by atoms with Gasteiger partial charge in [-0.25, -0.2) is 0 Å². The molecule has 0 bridgehead atoms. The average molecular weight is 126 g/mol. The maximum atomic E-state index is 10.5. The Kier molecular flexibility index (Phi) is 1.44. The van der Waals surface area contributed by atoms with Crippen LogP contribution in [0.3, 0.4) is 0 Å². The molecule has 0 aliphatic carbocycles. The summed E-state index contributed by atoms with van der Waals surface area (Å²) in [6.45, 7) is 3.52. The van der Waals surface area contributed by atoms with Crippen molar-refractivity contribution in [1.29, 1.82) is 0 Å². The molecule has 1 aliphatic heterocycles. The minimum Gasteiger partial charge on any atom is -0.250 e. The first kappa shape index (κ1) is 5.51. The Balaban J connectivity index is 2.87. The van der Waals surface area contributed by atoms with Crippen molar-refractivity contribution >= 4 is 10.8 Å². The van der Waals surface area contributed by atoms with Crippen LogP contribution in [0.1, 0.15) is 0 Å². The van der Waals surface area contributed by atoms with E-state index in [1.54, 1.807) is 23.0 Å². The van der Waals surface area contributed by atoms with Crippen molar-refractivity contribution in [1.82, 2.24) is 0 Å². The molecule has 0 amide bonds. The number of hydrogen-bond acceptors (Lipinski definition) is 1. The largest absolute Gasteiger partial charge is 0.250 e. The van der Waals surface area contributed by atoms with Crippen LogP contribution in [0, 0.1) is 0 Å². The lowest BCUT2D eigenvalue weighted by molar-refractivity contribution is 0.693. The predicted octanol–water partition coefficient (Wildman–Crippen LogP) is 1.33. The van der Waals surface area contributed by atoms with E-state index in [-0.39, 0.29) is 0 Å². The van der Waals surface area contributed by atoms with Gasteiger partial charge < -0.3 is 0 Å². The van der Waals surface area contributed by atoms with Crippen LogP contribution in [0.2, 0.25) is 0 Å². The Morgan fingerprint density at radius 1 is 1.75 bits per heavy atom. The average Bonchev–Trinajstić information content (AvgIpc) is 2.14. The van der Waals surface area contributed by atoms with Gasteiger partial charge in [-0.1, -0.05) is 12.7 Å². The van der Waals surface area contributed by atoms with E-state index in [0.717, 1.165) is 5.57 Å². The topological polar surface area (TPSA) is 17.1 Å². The number of rotatable bonds is 1. The third-order valence-electron chi connectivity index (χ3n) is 0.883. The lowest BCUT2D eigenvalue weighted by Crippen LogP contribution is -1.66. The van der Waals surface area contributed by atoms with Gasteiger partial charge in [0.05, 0.1) is 10.8 Å². The van der Waals surface area contributed by atoms with E-state index in [9.17, 15) is 4.21 Å². The standard InChI is InChI=1S/C6H6OS/c1-2-6-3-4-8(7)5-6/h2-5H,1H2. The molecule has 0 aromatic heterocycles. The van der Waals surface area contributed by atoms with E-state index in [1.807, 2.05) is 0 Å². The van der Waals surface area contributed by atoms with Crippen LogP contribution in [-0.4, -0.2) is 4.21 Å². The summed E-state index contributed by atoms with van der Waals surface area (Å²) >= 11 is 0. The first-order chi connectivity index (χ1) is 3.83. The van der Waals surface area contributed by atoms with Gasteiger partial charge in [0, 0.05) is 10.8 Å². The van der Waals surface area contributed by atoms with E-state index in [1.165, 1.54) is 0 Å². The Morgan fingerprint density at radius 3 is 2.75 bits per heavy atom. The second-order valence-corrected chi connectivity index (χ2v) is 2.62. The lowest BCUT2D eigenvalue weighted by Gasteiger charge is -1.76. The lowest BCUT2D eigenvalue weighted by atomic mass is 10.3. The molecular weight excluding hydrogens is 120 g/mol. The van der Waals surface area contributed by atoms with E-state index in [0.29, 0.717) is 0 Å². The zero-order valence-corrected chi connectivity index (χ0v) is 5.15. The third kappa shape index (κ3) is 0.954. The number of hydrogen-bond donors (Lipinski definition) is 0. The van der Waals surface area contributed by atoms with Crippen molar-refractivity contribution in [3.63, 3.8) is 0 Å². The summed E-state index contributed by atoms with van der Waals surface area (Å²) in [5.41, 5.74) is 0.948.